The molecular formula is C19H15BrN4O. The van der Waals surface area contributed by atoms with Crippen LogP contribution in [0.15, 0.2) is 53.0 Å². The summed E-state index contributed by atoms with van der Waals surface area (Å²) in [6, 6.07) is 15.1. The highest BCUT2D eigenvalue weighted by atomic mass is 79.9. The van der Waals surface area contributed by atoms with Crippen molar-refractivity contribution in [1.82, 2.24) is 19.7 Å². The Kier molecular flexibility index (Phi) is 3.77. The molecule has 0 saturated carbocycles. The van der Waals surface area contributed by atoms with Gasteiger partial charge in [-0.25, -0.2) is 14.6 Å². The second-order valence-corrected chi connectivity index (χ2v) is 6.74. The van der Waals surface area contributed by atoms with Crippen molar-refractivity contribution in [2.75, 3.05) is 0 Å². The highest BCUT2D eigenvalue weighted by molar-refractivity contribution is 9.10. The first-order valence-electron chi connectivity index (χ1n) is 7.83. The molecule has 5 nitrogen and oxygen atoms in total. The molecule has 0 amide bonds. The van der Waals surface area contributed by atoms with Gasteiger partial charge in [0.15, 0.2) is 11.5 Å². The van der Waals surface area contributed by atoms with E-state index in [-0.39, 0.29) is 5.75 Å². The number of aromatic hydroxyl groups is 1. The van der Waals surface area contributed by atoms with E-state index in [1.807, 2.05) is 54.9 Å². The molecular weight excluding hydrogens is 380 g/mol. The van der Waals surface area contributed by atoms with E-state index in [4.69, 9.17) is 4.98 Å². The fraction of sp³-hybridized carbons (Fsp3) is 0.105. The Balaban J connectivity index is 2.02. The Morgan fingerprint density at radius 3 is 2.48 bits per heavy atom. The summed E-state index contributed by atoms with van der Waals surface area (Å²) in [5.74, 6) is 0.616. The van der Waals surface area contributed by atoms with E-state index in [2.05, 4.69) is 26.0 Å². The molecule has 0 aliphatic heterocycles. The summed E-state index contributed by atoms with van der Waals surface area (Å²) < 4.78 is 2.67. The van der Waals surface area contributed by atoms with Crippen LogP contribution in [0, 0.1) is 13.8 Å². The number of aryl methyl sites for hydroxylation is 2. The molecule has 0 unspecified atom stereocenters. The maximum atomic E-state index is 10.2. The number of hydrogen-bond acceptors (Lipinski definition) is 4. The van der Waals surface area contributed by atoms with Gasteiger partial charge in [0, 0.05) is 4.47 Å². The highest BCUT2D eigenvalue weighted by Crippen LogP contribution is 2.32. The quantitative estimate of drug-likeness (QED) is 0.540. The zero-order chi connectivity index (χ0) is 17.6. The average molecular weight is 395 g/mol. The number of para-hydroxylation sites is 1. The van der Waals surface area contributed by atoms with Gasteiger partial charge >= 0.3 is 0 Å². The molecule has 0 aliphatic carbocycles. The van der Waals surface area contributed by atoms with Crippen molar-refractivity contribution in [3.63, 3.8) is 0 Å². The van der Waals surface area contributed by atoms with Crippen molar-refractivity contribution in [2.24, 2.45) is 0 Å². The van der Waals surface area contributed by atoms with Crippen LogP contribution in [0.5, 0.6) is 5.75 Å². The van der Waals surface area contributed by atoms with Crippen molar-refractivity contribution >= 4 is 27.0 Å². The summed E-state index contributed by atoms with van der Waals surface area (Å²) in [6.07, 6.45) is 0. The Bertz CT molecular complexity index is 1090. The van der Waals surface area contributed by atoms with Crippen LogP contribution in [0.1, 0.15) is 11.4 Å². The van der Waals surface area contributed by atoms with Crippen LogP contribution in [0.4, 0.5) is 0 Å². The van der Waals surface area contributed by atoms with E-state index < -0.39 is 0 Å². The molecule has 0 radical (unpaired) electrons. The number of benzene rings is 2. The summed E-state index contributed by atoms with van der Waals surface area (Å²) in [6.45, 7) is 3.89. The van der Waals surface area contributed by atoms with Gasteiger partial charge in [0.25, 0.3) is 0 Å². The van der Waals surface area contributed by atoms with Crippen molar-refractivity contribution in [3.05, 3.63) is 64.4 Å². The molecule has 2 aromatic carbocycles. The SMILES string of the molecule is Cc1nc(-c2cc(Br)ccc2O)nc2c1c(C)nn2-c1ccccc1. The summed E-state index contributed by atoms with van der Waals surface area (Å²) >= 11 is 3.43. The smallest absolute Gasteiger partial charge is 0.167 e. The first-order valence-corrected chi connectivity index (χ1v) is 8.62. The number of fused-ring (bicyclic) bond motifs is 1. The molecule has 0 fully saturated rings. The third-order valence-corrected chi connectivity index (χ3v) is 4.58. The molecule has 2 aromatic heterocycles. The minimum atomic E-state index is 0.143. The molecule has 0 aliphatic rings. The maximum Gasteiger partial charge on any atom is 0.167 e. The lowest BCUT2D eigenvalue weighted by atomic mass is 10.1. The fourth-order valence-corrected chi connectivity index (χ4v) is 3.30. The molecule has 0 spiro atoms. The zero-order valence-corrected chi connectivity index (χ0v) is 15.3. The summed E-state index contributed by atoms with van der Waals surface area (Å²) in [7, 11) is 0. The number of rotatable bonds is 2. The van der Waals surface area contributed by atoms with Crippen LogP contribution in [-0.4, -0.2) is 24.9 Å². The largest absolute Gasteiger partial charge is 0.507 e. The van der Waals surface area contributed by atoms with Crippen LogP contribution in [0.25, 0.3) is 28.1 Å². The van der Waals surface area contributed by atoms with Gasteiger partial charge in [-0.05, 0) is 44.2 Å². The van der Waals surface area contributed by atoms with Crippen LogP contribution in [0.3, 0.4) is 0 Å². The van der Waals surface area contributed by atoms with Crippen LogP contribution in [-0.2, 0) is 0 Å². The van der Waals surface area contributed by atoms with Gasteiger partial charge in [-0.1, -0.05) is 34.1 Å². The van der Waals surface area contributed by atoms with Crippen molar-refractivity contribution in [3.8, 4) is 22.8 Å². The molecule has 25 heavy (non-hydrogen) atoms. The lowest BCUT2D eigenvalue weighted by molar-refractivity contribution is 0.477. The zero-order valence-electron chi connectivity index (χ0n) is 13.7. The Morgan fingerprint density at radius 2 is 1.72 bits per heavy atom. The highest BCUT2D eigenvalue weighted by Gasteiger charge is 2.17. The van der Waals surface area contributed by atoms with Crippen LogP contribution >= 0.6 is 15.9 Å². The van der Waals surface area contributed by atoms with E-state index >= 15 is 0 Å². The maximum absolute atomic E-state index is 10.2. The van der Waals surface area contributed by atoms with Gasteiger partial charge in [0.2, 0.25) is 0 Å². The fourth-order valence-electron chi connectivity index (χ4n) is 2.94. The molecule has 1 N–H and O–H groups in total. The van der Waals surface area contributed by atoms with Gasteiger partial charge in [-0.15, -0.1) is 0 Å². The number of aromatic nitrogens is 4. The number of nitrogens with zero attached hydrogens (tertiary/aromatic N) is 4. The number of hydrogen-bond donors (Lipinski definition) is 1. The normalized spacial score (nSPS) is 11.2. The first-order chi connectivity index (χ1) is 12.0. The van der Waals surface area contributed by atoms with Crippen molar-refractivity contribution in [1.29, 1.82) is 0 Å². The van der Waals surface area contributed by atoms with E-state index in [1.165, 1.54) is 0 Å². The minimum Gasteiger partial charge on any atom is -0.507 e. The van der Waals surface area contributed by atoms with Crippen LogP contribution in [0.2, 0.25) is 0 Å². The van der Waals surface area contributed by atoms with Crippen LogP contribution < -0.4 is 0 Å². The molecule has 124 valence electrons. The third-order valence-electron chi connectivity index (χ3n) is 4.08. The summed E-state index contributed by atoms with van der Waals surface area (Å²) in [4.78, 5) is 9.31. The van der Waals surface area contributed by atoms with E-state index in [9.17, 15) is 5.11 Å². The molecule has 0 saturated heterocycles. The number of phenolic OH excluding ortho intramolecular Hbond substituents is 1. The van der Waals surface area contributed by atoms with E-state index in [0.29, 0.717) is 11.4 Å². The molecule has 0 bridgehead atoms. The Morgan fingerprint density at radius 1 is 0.960 bits per heavy atom. The molecule has 4 rings (SSSR count). The van der Waals surface area contributed by atoms with Crippen molar-refractivity contribution < 1.29 is 5.11 Å². The van der Waals surface area contributed by atoms with Gasteiger partial charge in [0.05, 0.1) is 28.0 Å². The Hall–Kier alpha value is -2.73. The van der Waals surface area contributed by atoms with E-state index in [0.717, 1.165) is 32.6 Å². The topological polar surface area (TPSA) is 63.8 Å². The van der Waals surface area contributed by atoms with Gasteiger partial charge in [0.1, 0.15) is 5.75 Å². The Labute approximate surface area is 153 Å². The first kappa shape index (κ1) is 15.8. The standard InChI is InChI=1S/C19H15BrN4O/c1-11-17-12(2)23-24(14-6-4-3-5-7-14)19(17)22-18(21-11)15-10-13(20)8-9-16(15)25/h3-10,25H,1-2H3. The second-order valence-electron chi connectivity index (χ2n) is 5.83. The molecule has 6 heteroatoms. The van der Waals surface area contributed by atoms with Gasteiger partial charge in [-0.2, -0.15) is 5.10 Å². The lowest BCUT2D eigenvalue weighted by Crippen LogP contribution is -2.00. The van der Waals surface area contributed by atoms with Gasteiger partial charge < -0.3 is 5.11 Å². The molecule has 4 aromatic rings. The third kappa shape index (κ3) is 2.68. The number of phenols is 1. The molecule has 2 heterocycles. The average Bonchev–Trinajstić information content (AvgIpc) is 2.95. The summed E-state index contributed by atoms with van der Waals surface area (Å²) in [5.41, 5.74) is 3.95. The predicted octanol–water partition coefficient (Wildman–Crippen LogP) is 4.57. The monoisotopic (exact) mass is 394 g/mol. The summed E-state index contributed by atoms with van der Waals surface area (Å²) in [5, 5.41) is 15.8. The second kappa shape index (κ2) is 5.97. The lowest BCUT2D eigenvalue weighted by Gasteiger charge is -2.08. The number of halogens is 1. The van der Waals surface area contributed by atoms with E-state index in [1.54, 1.807) is 12.1 Å². The van der Waals surface area contributed by atoms with Gasteiger partial charge in [-0.3, -0.25) is 0 Å². The predicted molar refractivity (Wildman–Crippen MR) is 101 cm³/mol. The van der Waals surface area contributed by atoms with Crippen molar-refractivity contribution in [2.45, 2.75) is 13.8 Å². The minimum absolute atomic E-state index is 0.143. The molecule has 0 atom stereocenters.